The van der Waals surface area contributed by atoms with E-state index in [1.165, 1.54) is 0 Å². The summed E-state index contributed by atoms with van der Waals surface area (Å²) in [4.78, 5) is 8.80. The van der Waals surface area contributed by atoms with E-state index in [0.29, 0.717) is 11.5 Å². The first-order valence-electron chi connectivity index (χ1n) is 8.01. The van der Waals surface area contributed by atoms with Crippen LogP contribution >= 0.6 is 15.9 Å². The number of hydrogen-bond donors (Lipinski definition) is 0. The van der Waals surface area contributed by atoms with Gasteiger partial charge in [0.05, 0.1) is 17.1 Å². The summed E-state index contributed by atoms with van der Waals surface area (Å²) >= 11 is 3.51. The molecule has 24 heavy (non-hydrogen) atoms. The van der Waals surface area contributed by atoms with Crippen LogP contribution in [0, 0.1) is 17.2 Å². The normalized spacial score (nSPS) is 12.0. The van der Waals surface area contributed by atoms with Gasteiger partial charge in [-0.15, -0.1) is 0 Å². The fraction of sp³-hybridized carbons (Fsp3) is 0.250. The van der Waals surface area contributed by atoms with Crippen LogP contribution in [0.3, 0.4) is 0 Å². The molecule has 0 aliphatic carbocycles. The van der Waals surface area contributed by atoms with Gasteiger partial charge in [0.15, 0.2) is 0 Å². The Balaban J connectivity index is 2.00. The molecule has 2 aromatic heterocycles. The SMILES string of the molecule is CC(CBr)CCc1cc(C#N)c2cc(-c3ccncc3)ccc2n1. The number of alkyl halides is 1. The maximum atomic E-state index is 9.55. The molecule has 0 amide bonds. The van der Waals surface area contributed by atoms with Gasteiger partial charge < -0.3 is 0 Å². The van der Waals surface area contributed by atoms with Gasteiger partial charge in [0, 0.05) is 28.8 Å². The average Bonchev–Trinajstić information content (AvgIpc) is 2.65. The maximum Gasteiger partial charge on any atom is 0.0999 e. The van der Waals surface area contributed by atoms with Crippen molar-refractivity contribution >= 4 is 26.8 Å². The van der Waals surface area contributed by atoms with Crippen LogP contribution in [0.1, 0.15) is 24.6 Å². The lowest BCUT2D eigenvalue weighted by atomic mass is 10.00. The highest BCUT2D eigenvalue weighted by Gasteiger charge is 2.09. The second kappa shape index (κ2) is 7.55. The van der Waals surface area contributed by atoms with Crippen molar-refractivity contribution in [1.82, 2.24) is 9.97 Å². The van der Waals surface area contributed by atoms with Crippen LogP contribution < -0.4 is 0 Å². The van der Waals surface area contributed by atoms with Crippen molar-refractivity contribution in [3.8, 4) is 17.2 Å². The van der Waals surface area contributed by atoms with Gasteiger partial charge in [0.2, 0.25) is 0 Å². The summed E-state index contributed by atoms with van der Waals surface area (Å²) in [5.74, 6) is 0.599. The molecule has 3 nitrogen and oxygen atoms in total. The number of nitriles is 1. The van der Waals surface area contributed by atoms with E-state index in [1.54, 1.807) is 12.4 Å². The molecule has 1 atom stereocenters. The van der Waals surface area contributed by atoms with Crippen LogP contribution in [-0.4, -0.2) is 15.3 Å². The summed E-state index contributed by atoms with van der Waals surface area (Å²) < 4.78 is 0. The van der Waals surface area contributed by atoms with Crippen molar-refractivity contribution in [2.45, 2.75) is 19.8 Å². The summed E-state index contributed by atoms with van der Waals surface area (Å²) in [5.41, 5.74) is 4.73. The Morgan fingerprint density at radius 2 is 1.92 bits per heavy atom. The van der Waals surface area contributed by atoms with Crippen molar-refractivity contribution in [2.24, 2.45) is 5.92 Å². The molecule has 3 aromatic rings. The van der Waals surface area contributed by atoms with Crippen LogP contribution in [0.5, 0.6) is 0 Å². The van der Waals surface area contributed by atoms with Crippen LogP contribution in [0.4, 0.5) is 0 Å². The first-order valence-corrected chi connectivity index (χ1v) is 9.13. The van der Waals surface area contributed by atoms with E-state index in [9.17, 15) is 5.26 Å². The zero-order chi connectivity index (χ0) is 16.9. The molecule has 0 spiro atoms. The Morgan fingerprint density at radius 1 is 1.12 bits per heavy atom. The highest BCUT2D eigenvalue weighted by Crippen LogP contribution is 2.26. The molecular weight excluding hydrogens is 362 g/mol. The number of rotatable bonds is 5. The average molecular weight is 380 g/mol. The molecule has 0 fully saturated rings. The molecule has 0 saturated carbocycles. The molecule has 120 valence electrons. The summed E-state index contributed by atoms with van der Waals surface area (Å²) in [6.07, 6.45) is 5.50. The number of benzene rings is 1. The quantitative estimate of drug-likeness (QED) is 0.577. The molecule has 0 radical (unpaired) electrons. The predicted molar refractivity (Wildman–Crippen MR) is 101 cm³/mol. The van der Waals surface area contributed by atoms with Gasteiger partial charge in [-0.05, 0) is 60.2 Å². The third kappa shape index (κ3) is 3.63. The first kappa shape index (κ1) is 16.6. The zero-order valence-corrected chi connectivity index (χ0v) is 15.1. The van der Waals surface area contributed by atoms with E-state index in [0.717, 1.165) is 45.9 Å². The Kier molecular flexibility index (Phi) is 5.22. The molecule has 3 rings (SSSR count). The number of pyridine rings is 2. The van der Waals surface area contributed by atoms with E-state index >= 15 is 0 Å². The number of aromatic nitrogens is 2. The molecule has 0 aliphatic heterocycles. The Morgan fingerprint density at radius 3 is 2.62 bits per heavy atom. The fourth-order valence-electron chi connectivity index (χ4n) is 2.70. The Bertz CT molecular complexity index is 885. The molecule has 1 aromatic carbocycles. The molecular formula is C20H18BrN3. The van der Waals surface area contributed by atoms with E-state index in [-0.39, 0.29) is 0 Å². The number of hydrogen-bond acceptors (Lipinski definition) is 3. The Hall–Kier alpha value is -2.25. The lowest BCUT2D eigenvalue weighted by molar-refractivity contribution is 0.595. The summed E-state index contributed by atoms with van der Waals surface area (Å²) in [6.45, 7) is 2.21. The molecule has 0 bridgehead atoms. The van der Waals surface area contributed by atoms with Gasteiger partial charge in [0.1, 0.15) is 0 Å². The second-order valence-corrected chi connectivity index (χ2v) is 6.69. The topological polar surface area (TPSA) is 49.6 Å². The maximum absolute atomic E-state index is 9.55. The van der Waals surface area contributed by atoms with Gasteiger partial charge >= 0.3 is 0 Å². The summed E-state index contributed by atoms with van der Waals surface area (Å²) in [6, 6.07) is 14.3. The molecule has 0 aliphatic rings. The second-order valence-electron chi connectivity index (χ2n) is 6.04. The summed E-state index contributed by atoms with van der Waals surface area (Å²) in [5, 5.41) is 11.4. The van der Waals surface area contributed by atoms with E-state index < -0.39 is 0 Å². The highest BCUT2D eigenvalue weighted by atomic mass is 79.9. The first-order chi connectivity index (χ1) is 11.7. The minimum atomic E-state index is 0.599. The largest absolute Gasteiger partial charge is 0.265 e. The number of halogens is 1. The Labute approximate surface area is 150 Å². The van der Waals surface area contributed by atoms with Gasteiger partial charge in [0.25, 0.3) is 0 Å². The van der Waals surface area contributed by atoms with Crippen molar-refractivity contribution in [2.75, 3.05) is 5.33 Å². The van der Waals surface area contributed by atoms with Crippen molar-refractivity contribution in [3.63, 3.8) is 0 Å². The lowest BCUT2D eigenvalue weighted by Gasteiger charge is -2.10. The van der Waals surface area contributed by atoms with Crippen LogP contribution in [0.2, 0.25) is 0 Å². The van der Waals surface area contributed by atoms with Gasteiger partial charge in [-0.2, -0.15) is 5.26 Å². The third-order valence-electron chi connectivity index (χ3n) is 4.15. The molecule has 4 heteroatoms. The predicted octanol–water partition coefficient (Wildman–Crippen LogP) is 5.13. The monoisotopic (exact) mass is 379 g/mol. The van der Waals surface area contributed by atoms with Gasteiger partial charge in [-0.3, -0.25) is 9.97 Å². The van der Waals surface area contributed by atoms with Crippen molar-refractivity contribution < 1.29 is 0 Å². The van der Waals surface area contributed by atoms with E-state index in [2.05, 4.69) is 40.0 Å². The van der Waals surface area contributed by atoms with Crippen LogP contribution in [0.25, 0.3) is 22.0 Å². The number of fused-ring (bicyclic) bond motifs is 1. The number of nitrogens with zero attached hydrogens (tertiary/aromatic N) is 3. The van der Waals surface area contributed by atoms with Gasteiger partial charge in [-0.25, -0.2) is 0 Å². The lowest BCUT2D eigenvalue weighted by Crippen LogP contribution is -2.01. The number of aryl methyl sites for hydroxylation is 1. The standard InChI is InChI=1S/C20H18BrN3/c1-14(12-21)2-4-18-10-17(13-22)19-11-16(3-5-20(19)24-18)15-6-8-23-9-7-15/h3,5-11,14H,2,4,12H2,1H3. The van der Waals surface area contributed by atoms with Gasteiger partial charge in [-0.1, -0.05) is 28.9 Å². The van der Waals surface area contributed by atoms with Crippen molar-refractivity contribution in [1.29, 1.82) is 5.26 Å². The smallest absolute Gasteiger partial charge is 0.0999 e. The van der Waals surface area contributed by atoms with Crippen LogP contribution in [-0.2, 0) is 6.42 Å². The summed E-state index contributed by atoms with van der Waals surface area (Å²) in [7, 11) is 0. The highest BCUT2D eigenvalue weighted by molar-refractivity contribution is 9.09. The van der Waals surface area contributed by atoms with E-state index in [1.807, 2.05) is 30.3 Å². The van der Waals surface area contributed by atoms with Crippen LogP contribution in [0.15, 0.2) is 48.8 Å². The third-order valence-corrected chi connectivity index (χ3v) is 5.26. The minimum absolute atomic E-state index is 0.599. The molecule has 0 saturated heterocycles. The van der Waals surface area contributed by atoms with Crippen molar-refractivity contribution in [3.05, 3.63) is 60.0 Å². The molecule has 2 heterocycles. The fourth-order valence-corrected chi connectivity index (χ4v) is 3.02. The molecule has 0 N–H and O–H groups in total. The zero-order valence-electron chi connectivity index (χ0n) is 13.5. The minimum Gasteiger partial charge on any atom is -0.265 e. The molecule has 1 unspecified atom stereocenters. The van der Waals surface area contributed by atoms with E-state index in [4.69, 9.17) is 4.98 Å².